The minimum Gasteiger partial charge on any atom is -0.481 e. The van der Waals surface area contributed by atoms with Crippen LogP contribution in [0.1, 0.15) is 27.2 Å². The van der Waals surface area contributed by atoms with Crippen molar-refractivity contribution in [3.8, 4) is 0 Å². The van der Waals surface area contributed by atoms with E-state index in [1.807, 2.05) is 0 Å². The average molecular weight is 271 g/mol. The summed E-state index contributed by atoms with van der Waals surface area (Å²) in [6, 6.07) is 0. The normalized spacial score (nSPS) is 30.9. The van der Waals surface area contributed by atoms with Crippen molar-refractivity contribution in [3.05, 3.63) is 0 Å². The second-order valence-corrected chi connectivity index (χ2v) is 6.21. The van der Waals surface area contributed by atoms with Crippen molar-refractivity contribution in [1.82, 2.24) is 4.90 Å². The van der Waals surface area contributed by atoms with Crippen molar-refractivity contribution in [3.63, 3.8) is 0 Å². The Labute approximate surface area is 112 Å². The highest BCUT2D eigenvalue weighted by molar-refractivity contribution is 5.74. The number of rotatable bonds is 1. The van der Waals surface area contributed by atoms with Gasteiger partial charge in [0.15, 0.2) is 0 Å². The number of carbonyl (C=O) groups is 2. The van der Waals surface area contributed by atoms with Crippen molar-refractivity contribution < 1.29 is 24.2 Å². The number of likely N-dealkylation sites (tertiary alicyclic amines) is 1. The van der Waals surface area contributed by atoms with Gasteiger partial charge in [-0.2, -0.15) is 0 Å². The summed E-state index contributed by atoms with van der Waals surface area (Å²) in [4.78, 5) is 24.8. The Kier molecular flexibility index (Phi) is 3.71. The van der Waals surface area contributed by atoms with Gasteiger partial charge in [0, 0.05) is 25.6 Å². The van der Waals surface area contributed by atoms with Crippen molar-refractivity contribution in [2.75, 3.05) is 19.7 Å². The van der Waals surface area contributed by atoms with Gasteiger partial charge in [-0.25, -0.2) is 4.79 Å². The standard InChI is InChI=1S/C13H21NO5/c1-13(2,3)19-12(17)14-6-8-4-5-18-10(8)9(7-14)11(15)16/h8-10H,4-7H2,1-3H3,(H,15,16)/t8-,9-,10-/m0/s1. The van der Waals surface area contributed by atoms with Crippen molar-refractivity contribution >= 4 is 12.1 Å². The fourth-order valence-corrected chi connectivity index (χ4v) is 2.69. The van der Waals surface area contributed by atoms with Crippen LogP contribution in [0.2, 0.25) is 0 Å². The van der Waals surface area contributed by atoms with Gasteiger partial charge in [-0.15, -0.1) is 0 Å². The fourth-order valence-electron chi connectivity index (χ4n) is 2.69. The first kappa shape index (κ1) is 14.1. The number of piperidine rings is 1. The van der Waals surface area contributed by atoms with E-state index in [9.17, 15) is 14.7 Å². The summed E-state index contributed by atoms with van der Waals surface area (Å²) >= 11 is 0. The topological polar surface area (TPSA) is 76.1 Å². The lowest BCUT2D eigenvalue weighted by Crippen LogP contribution is -2.53. The highest BCUT2D eigenvalue weighted by atomic mass is 16.6. The number of ether oxygens (including phenoxy) is 2. The fraction of sp³-hybridized carbons (Fsp3) is 0.846. The lowest BCUT2D eigenvalue weighted by Gasteiger charge is -2.38. The van der Waals surface area contributed by atoms with Gasteiger partial charge in [0.25, 0.3) is 0 Å². The Morgan fingerprint density at radius 1 is 1.32 bits per heavy atom. The predicted molar refractivity (Wildman–Crippen MR) is 66.8 cm³/mol. The summed E-state index contributed by atoms with van der Waals surface area (Å²) in [5.74, 6) is -1.47. The molecule has 2 aliphatic heterocycles. The van der Waals surface area contributed by atoms with Crippen LogP contribution in [0.25, 0.3) is 0 Å². The Morgan fingerprint density at radius 2 is 2.00 bits per heavy atom. The van der Waals surface area contributed by atoms with E-state index in [2.05, 4.69) is 0 Å². The van der Waals surface area contributed by atoms with Crippen LogP contribution >= 0.6 is 0 Å². The minimum absolute atomic E-state index is 0.0994. The molecule has 2 aliphatic rings. The van der Waals surface area contributed by atoms with E-state index in [0.717, 1.165) is 6.42 Å². The number of carboxylic acids is 1. The number of carboxylic acid groups (broad SMARTS) is 1. The molecule has 0 unspecified atom stereocenters. The Hall–Kier alpha value is -1.30. The quantitative estimate of drug-likeness (QED) is 0.779. The predicted octanol–water partition coefficient (Wildman–Crippen LogP) is 1.34. The maximum absolute atomic E-state index is 12.0. The van der Waals surface area contributed by atoms with E-state index in [0.29, 0.717) is 13.2 Å². The number of hydrogen-bond donors (Lipinski definition) is 1. The molecular weight excluding hydrogens is 250 g/mol. The molecule has 0 bridgehead atoms. The van der Waals surface area contributed by atoms with Crippen LogP contribution in [0.15, 0.2) is 0 Å². The second kappa shape index (κ2) is 5.00. The van der Waals surface area contributed by atoms with Gasteiger partial charge in [-0.05, 0) is 27.2 Å². The summed E-state index contributed by atoms with van der Waals surface area (Å²) in [5, 5.41) is 9.26. The van der Waals surface area contributed by atoms with Crippen LogP contribution < -0.4 is 0 Å². The van der Waals surface area contributed by atoms with Crippen LogP contribution in [-0.4, -0.2) is 53.5 Å². The zero-order valence-corrected chi connectivity index (χ0v) is 11.6. The van der Waals surface area contributed by atoms with E-state index in [4.69, 9.17) is 9.47 Å². The van der Waals surface area contributed by atoms with Gasteiger partial charge < -0.3 is 19.5 Å². The summed E-state index contributed by atoms with van der Waals surface area (Å²) in [5.41, 5.74) is -0.571. The SMILES string of the molecule is CC(C)(C)OC(=O)N1C[C@@H]2CCO[C@@H]2[C@@H](C(=O)O)C1. The molecule has 2 rings (SSSR count). The largest absolute Gasteiger partial charge is 0.481 e. The first-order chi connectivity index (χ1) is 8.78. The molecule has 6 nitrogen and oxygen atoms in total. The van der Waals surface area contributed by atoms with E-state index < -0.39 is 23.6 Å². The number of carbonyl (C=O) groups excluding carboxylic acids is 1. The number of hydrogen-bond acceptors (Lipinski definition) is 4. The first-order valence-corrected chi connectivity index (χ1v) is 6.60. The van der Waals surface area contributed by atoms with Gasteiger partial charge in [0.05, 0.1) is 6.10 Å². The molecule has 3 atom stereocenters. The number of fused-ring (bicyclic) bond motifs is 1. The molecule has 0 aliphatic carbocycles. The zero-order valence-electron chi connectivity index (χ0n) is 11.6. The molecule has 6 heteroatoms. The molecule has 2 saturated heterocycles. The molecule has 0 radical (unpaired) electrons. The Morgan fingerprint density at radius 3 is 2.58 bits per heavy atom. The third-order valence-corrected chi connectivity index (χ3v) is 3.50. The molecule has 0 aromatic carbocycles. The Bertz CT molecular complexity index is 376. The molecule has 0 aromatic rings. The third kappa shape index (κ3) is 3.18. The van der Waals surface area contributed by atoms with Crippen LogP contribution in [-0.2, 0) is 14.3 Å². The van der Waals surface area contributed by atoms with E-state index in [1.165, 1.54) is 4.90 Å². The molecular formula is C13H21NO5. The number of amides is 1. The smallest absolute Gasteiger partial charge is 0.410 e. The van der Waals surface area contributed by atoms with Crippen molar-refractivity contribution in [1.29, 1.82) is 0 Å². The van der Waals surface area contributed by atoms with Gasteiger partial charge in [-0.1, -0.05) is 0 Å². The monoisotopic (exact) mass is 271 g/mol. The maximum atomic E-state index is 12.0. The lowest BCUT2D eigenvalue weighted by molar-refractivity contribution is -0.150. The van der Waals surface area contributed by atoms with Gasteiger partial charge in [0.2, 0.25) is 0 Å². The highest BCUT2D eigenvalue weighted by Gasteiger charge is 2.46. The van der Waals surface area contributed by atoms with Crippen LogP contribution in [0.5, 0.6) is 0 Å². The molecule has 2 heterocycles. The lowest BCUT2D eigenvalue weighted by atomic mass is 9.86. The molecule has 1 amide bonds. The highest BCUT2D eigenvalue weighted by Crippen LogP contribution is 2.33. The summed E-state index contributed by atoms with van der Waals surface area (Å²) in [7, 11) is 0. The molecule has 0 aromatic heterocycles. The number of nitrogens with zero attached hydrogens (tertiary/aromatic N) is 1. The summed E-state index contributed by atoms with van der Waals surface area (Å²) < 4.78 is 10.8. The molecule has 0 spiro atoms. The van der Waals surface area contributed by atoms with Gasteiger partial charge in [-0.3, -0.25) is 4.79 Å². The van der Waals surface area contributed by atoms with Crippen molar-refractivity contribution in [2.45, 2.75) is 38.9 Å². The van der Waals surface area contributed by atoms with E-state index in [1.54, 1.807) is 20.8 Å². The van der Waals surface area contributed by atoms with Crippen LogP contribution in [0, 0.1) is 11.8 Å². The van der Waals surface area contributed by atoms with E-state index in [-0.39, 0.29) is 18.6 Å². The number of aliphatic carboxylic acids is 1. The molecule has 0 saturated carbocycles. The minimum atomic E-state index is -0.912. The van der Waals surface area contributed by atoms with Crippen molar-refractivity contribution in [2.24, 2.45) is 11.8 Å². The van der Waals surface area contributed by atoms with Crippen LogP contribution in [0.4, 0.5) is 4.79 Å². The average Bonchev–Trinajstić information content (AvgIpc) is 2.72. The van der Waals surface area contributed by atoms with E-state index >= 15 is 0 Å². The molecule has 19 heavy (non-hydrogen) atoms. The summed E-state index contributed by atoms with van der Waals surface area (Å²) in [6.45, 7) is 6.64. The third-order valence-electron chi connectivity index (χ3n) is 3.50. The van der Waals surface area contributed by atoms with Gasteiger partial charge >= 0.3 is 12.1 Å². The molecule has 2 fully saturated rings. The van der Waals surface area contributed by atoms with Gasteiger partial charge in [0.1, 0.15) is 11.5 Å². The molecule has 1 N–H and O–H groups in total. The van der Waals surface area contributed by atoms with Crippen LogP contribution in [0.3, 0.4) is 0 Å². The Balaban J connectivity index is 2.07. The maximum Gasteiger partial charge on any atom is 0.410 e. The summed E-state index contributed by atoms with van der Waals surface area (Å²) in [6.07, 6.45) is 0.0913. The molecule has 108 valence electrons. The first-order valence-electron chi connectivity index (χ1n) is 6.60. The second-order valence-electron chi connectivity index (χ2n) is 6.21. The zero-order chi connectivity index (χ0) is 14.2.